The Bertz CT molecular complexity index is 292. The Kier molecular flexibility index (Phi) is 6.77. The first-order valence-electron chi connectivity index (χ1n) is 6.04. The van der Waals surface area contributed by atoms with Crippen LogP contribution in [0.4, 0.5) is 0 Å². The van der Waals surface area contributed by atoms with Gasteiger partial charge in [0.15, 0.2) is 0 Å². The molecule has 0 saturated heterocycles. The number of hydrogen-bond donors (Lipinski definition) is 1. The van der Waals surface area contributed by atoms with Crippen molar-refractivity contribution in [1.82, 2.24) is 9.88 Å². The molecule has 0 aliphatic rings. The summed E-state index contributed by atoms with van der Waals surface area (Å²) in [5.74, 6) is 0. The van der Waals surface area contributed by atoms with Gasteiger partial charge in [0.25, 0.3) is 0 Å². The van der Waals surface area contributed by atoms with Crippen LogP contribution >= 0.6 is 0 Å². The van der Waals surface area contributed by atoms with E-state index in [4.69, 9.17) is 10.5 Å². The number of rotatable bonds is 8. The summed E-state index contributed by atoms with van der Waals surface area (Å²) in [5.41, 5.74) is 7.28. The molecule has 0 aliphatic carbocycles. The predicted octanol–water partition coefficient (Wildman–Crippen LogP) is 1.27. The van der Waals surface area contributed by atoms with Crippen molar-refractivity contribution < 1.29 is 4.74 Å². The lowest BCUT2D eigenvalue weighted by molar-refractivity contribution is 0.187. The maximum Gasteiger partial charge on any atom is 0.0462 e. The van der Waals surface area contributed by atoms with Crippen LogP contribution in [0.5, 0.6) is 0 Å². The highest BCUT2D eigenvalue weighted by Crippen LogP contribution is 2.03. The van der Waals surface area contributed by atoms with E-state index in [0.29, 0.717) is 0 Å². The zero-order valence-corrected chi connectivity index (χ0v) is 10.8. The number of aromatic nitrogens is 1. The summed E-state index contributed by atoms with van der Waals surface area (Å²) in [6, 6.07) is 4.26. The molecule has 1 heterocycles. The highest BCUT2D eigenvalue weighted by atomic mass is 16.5. The lowest BCUT2D eigenvalue weighted by Gasteiger charge is -2.21. The summed E-state index contributed by atoms with van der Waals surface area (Å²) in [5, 5.41) is 0. The highest BCUT2D eigenvalue weighted by Gasteiger charge is 2.07. The minimum Gasteiger partial charge on any atom is -0.385 e. The van der Waals surface area contributed by atoms with Crippen molar-refractivity contribution in [2.75, 3.05) is 27.3 Å². The van der Waals surface area contributed by atoms with Gasteiger partial charge >= 0.3 is 0 Å². The monoisotopic (exact) mass is 237 g/mol. The molecule has 0 bridgehead atoms. The van der Waals surface area contributed by atoms with Gasteiger partial charge in [-0.3, -0.25) is 4.98 Å². The Morgan fingerprint density at radius 1 is 1.53 bits per heavy atom. The topological polar surface area (TPSA) is 51.4 Å². The number of pyridine rings is 1. The molecule has 0 aliphatic heterocycles. The van der Waals surface area contributed by atoms with E-state index in [1.165, 1.54) is 5.56 Å². The summed E-state index contributed by atoms with van der Waals surface area (Å²) in [7, 11) is 3.81. The second kappa shape index (κ2) is 8.17. The summed E-state index contributed by atoms with van der Waals surface area (Å²) in [4.78, 5) is 6.33. The van der Waals surface area contributed by atoms with Gasteiger partial charge in [-0.1, -0.05) is 6.07 Å². The molecule has 2 N–H and O–H groups in total. The van der Waals surface area contributed by atoms with Crippen LogP contribution < -0.4 is 5.73 Å². The zero-order valence-electron chi connectivity index (χ0n) is 10.8. The van der Waals surface area contributed by atoms with Gasteiger partial charge in [0.2, 0.25) is 0 Å². The fraction of sp³-hybridized carbons (Fsp3) is 0.615. The van der Waals surface area contributed by atoms with Crippen LogP contribution in [-0.2, 0) is 11.3 Å². The van der Waals surface area contributed by atoms with E-state index in [1.54, 1.807) is 13.3 Å². The van der Waals surface area contributed by atoms with Gasteiger partial charge in [0, 0.05) is 45.2 Å². The smallest absolute Gasteiger partial charge is 0.0462 e. The molecule has 4 nitrogen and oxygen atoms in total. The summed E-state index contributed by atoms with van der Waals surface area (Å²) >= 11 is 0. The third kappa shape index (κ3) is 6.36. The Labute approximate surface area is 104 Å². The Hall–Kier alpha value is -0.970. The summed E-state index contributed by atoms with van der Waals surface area (Å²) in [6.45, 7) is 2.59. The van der Waals surface area contributed by atoms with Gasteiger partial charge in [0.1, 0.15) is 0 Å². The molecule has 0 saturated carbocycles. The minimum atomic E-state index is 0.215. The van der Waals surface area contributed by atoms with E-state index < -0.39 is 0 Å². The van der Waals surface area contributed by atoms with Crippen molar-refractivity contribution in [3.63, 3.8) is 0 Å². The maximum absolute atomic E-state index is 6.06. The average Bonchev–Trinajstić information content (AvgIpc) is 2.30. The number of nitrogens with two attached hydrogens (primary N) is 1. The Morgan fingerprint density at radius 3 is 3.00 bits per heavy atom. The molecular formula is C13H23N3O. The van der Waals surface area contributed by atoms with Crippen LogP contribution in [0, 0.1) is 0 Å². The first-order chi connectivity index (χ1) is 8.22. The minimum absolute atomic E-state index is 0.215. The SMILES string of the molecule is COCCCC(N)CN(C)Cc1cccnc1. The van der Waals surface area contributed by atoms with Gasteiger partial charge < -0.3 is 15.4 Å². The fourth-order valence-corrected chi connectivity index (χ4v) is 1.85. The number of methoxy groups -OCH3 is 1. The van der Waals surface area contributed by atoms with Gasteiger partial charge in [-0.2, -0.15) is 0 Å². The van der Waals surface area contributed by atoms with Gasteiger partial charge in [-0.15, -0.1) is 0 Å². The van der Waals surface area contributed by atoms with Gasteiger partial charge in [-0.25, -0.2) is 0 Å². The quantitative estimate of drug-likeness (QED) is 0.692. The van der Waals surface area contributed by atoms with Crippen molar-refractivity contribution in [2.24, 2.45) is 5.73 Å². The molecule has 1 atom stereocenters. The first-order valence-corrected chi connectivity index (χ1v) is 6.04. The Balaban J connectivity index is 2.22. The van der Waals surface area contributed by atoms with Gasteiger partial charge in [-0.05, 0) is 31.5 Å². The first kappa shape index (κ1) is 14.1. The van der Waals surface area contributed by atoms with Crippen molar-refractivity contribution in [2.45, 2.75) is 25.4 Å². The molecule has 1 rings (SSSR count). The van der Waals surface area contributed by atoms with Crippen LogP contribution in [0.2, 0.25) is 0 Å². The number of likely N-dealkylation sites (N-methyl/N-ethyl adjacent to an activating group) is 1. The van der Waals surface area contributed by atoms with E-state index in [2.05, 4.69) is 23.0 Å². The van der Waals surface area contributed by atoms with Gasteiger partial charge in [0.05, 0.1) is 0 Å². The Morgan fingerprint density at radius 2 is 2.35 bits per heavy atom. The summed E-state index contributed by atoms with van der Waals surface area (Å²) in [6.07, 6.45) is 5.72. The van der Waals surface area contributed by atoms with Crippen LogP contribution in [0.15, 0.2) is 24.5 Å². The lowest BCUT2D eigenvalue weighted by Crippen LogP contribution is -2.35. The molecule has 17 heavy (non-hydrogen) atoms. The number of nitrogens with zero attached hydrogens (tertiary/aromatic N) is 2. The zero-order chi connectivity index (χ0) is 12.5. The van der Waals surface area contributed by atoms with E-state index in [-0.39, 0.29) is 6.04 Å². The van der Waals surface area contributed by atoms with Crippen LogP contribution in [0.1, 0.15) is 18.4 Å². The predicted molar refractivity (Wildman–Crippen MR) is 69.7 cm³/mol. The third-order valence-electron chi connectivity index (χ3n) is 2.64. The second-order valence-electron chi connectivity index (χ2n) is 4.45. The molecule has 0 fully saturated rings. The van der Waals surface area contributed by atoms with Crippen LogP contribution in [0.3, 0.4) is 0 Å². The normalized spacial score (nSPS) is 12.9. The van der Waals surface area contributed by atoms with E-state index >= 15 is 0 Å². The van der Waals surface area contributed by atoms with E-state index in [1.807, 2.05) is 12.3 Å². The van der Waals surface area contributed by atoms with Crippen LogP contribution in [0.25, 0.3) is 0 Å². The van der Waals surface area contributed by atoms with Crippen molar-refractivity contribution in [3.8, 4) is 0 Å². The highest BCUT2D eigenvalue weighted by molar-refractivity contribution is 5.07. The molecular weight excluding hydrogens is 214 g/mol. The molecule has 0 radical (unpaired) electrons. The molecule has 0 amide bonds. The lowest BCUT2D eigenvalue weighted by atomic mass is 10.1. The average molecular weight is 237 g/mol. The number of hydrogen-bond acceptors (Lipinski definition) is 4. The number of ether oxygens (including phenoxy) is 1. The van der Waals surface area contributed by atoms with Crippen molar-refractivity contribution in [3.05, 3.63) is 30.1 Å². The molecule has 4 heteroatoms. The van der Waals surface area contributed by atoms with Crippen molar-refractivity contribution >= 4 is 0 Å². The maximum atomic E-state index is 6.06. The van der Waals surface area contributed by atoms with E-state index in [9.17, 15) is 0 Å². The fourth-order valence-electron chi connectivity index (χ4n) is 1.85. The standard InChI is InChI=1S/C13H23N3O/c1-16(10-12-5-3-7-15-9-12)11-13(14)6-4-8-17-2/h3,5,7,9,13H,4,6,8,10-11,14H2,1-2H3. The molecule has 1 aromatic rings. The molecule has 1 aromatic heterocycles. The molecule has 1 unspecified atom stereocenters. The van der Waals surface area contributed by atoms with Crippen molar-refractivity contribution in [1.29, 1.82) is 0 Å². The van der Waals surface area contributed by atoms with E-state index in [0.717, 1.165) is 32.5 Å². The second-order valence-corrected chi connectivity index (χ2v) is 4.45. The third-order valence-corrected chi connectivity index (χ3v) is 2.64. The molecule has 0 spiro atoms. The largest absolute Gasteiger partial charge is 0.385 e. The molecule has 0 aromatic carbocycles. The van der Waals surface area contributed by atoms with Crippen LogP contribution in [-0.4, -0.2) is 43.2 Å². The summed E-state index contributed by atoms with van der Waals surface area (Å²) < 4.78 is 5.02. The molecule has 96 valence electrons.